The summed E-state index contributed by atoms with van der Waals surface area (Å²) in [6.45, 7) is 6.10. The highest BCUT2D eigenvalue weighted by Gasteiger charge is 2.63. The van der Waals surface area contributed by atoms with Gasteiger partial charge in [0.05, 0.1) is 17.2 Å². The van der Waals surface area contributed by atoms with Gasteiger partial charge in [-0.25, -0.2) is 13.2 Å². The molecule has 2 aliphatic carbocycles. The minimum Gasteiger partial charge on any atom is -0.347 e. The predicted molar refractivity (Wildman–Crippen MR) is 136 cm³/mol. The zero-order valence-electron chi connectivity index (χ0n) is 20.7. The summed E-state index contributed by atoms with van der Waals surface area (Å²) in [5.41, 5.74) is -0.866. The lowest BCUT2D eigenvalue weighted by Gasteiger charge is -2.43. The van der Waals surface area contributed by atoms with E-state index in [4.69, 9.17) is 16.3 Å². The number of nitrogens with zero attached hydrogens (tertiary/aromatic N) is 1. The lowest BCUT2D eigenvalue weighted by Crippen LogP contribution is -2.49. The number of ether oxygens (including phenoxy) is 1. The van der Waals surface area contributed by atoms with Gasteiger partial charge in [0.2, 0.25) is 5.91 Å². The minimum atomic E-state index is -1.59. The third kappa shape index (κ3) is 4.74. The topological polar surface area (TPSA) is 58.6 Å². The molecule has 0 aromatic heterocycles. The van der Waals surface area contributed by atoms with E-state index >= 15 is 0 Å². The molecule has 2 saturated carbocycles. The third-order valence-electron chi connectivity index (χ3n) is 7.94. The van der Waals surface area contributed by atoms with Gasteiger partial charge in [-0.15, -0.1) is 11.8 Å². The molecule has 2 bridgehead atoms. The van der Waals surface area contributed by atoms with Gasteiger partial charge < -0.3 is 15.0 Å². The number of halogens is 4. The zero-order chi connectivity index (χ0) is 26.7. The molecule has 10 heteroatoms. The largest absolute Gasteiger partial charge is 0.347 e. The van der Waals surface area contributed by atoms with E-state index in [0.717, 1.165) is 42.7 Å². The molecule has 4 atom stereocenters. The second-order valence-corrected chi connectivity index (χ2v) is 12.4. The van der Waals surface area contributed by atoms with E-state index in [9.17, 15) is 22.8 Å². The first kappa shape index (κ1) is 26.4. The fraction of sp³-hybridized carbons (Fsp3) is 0.481. The molecule has 198 valence electrons. The second kappa shape index (κ2) is 9.50. The first-order valence-corrected chi connectivity index (χ1v) is 13.6. The Morgan fingerprint density at radius 3 is 2.27 bits per heavy atom. The van der Waals surface area contributed by atoms with Gasteiger partial charge in [-0.2, -0.15) is 0 Å². The van der Waals surface area contributed by atoms with E-state index < -0.39 is 29.1 Å². The summed E-state index contributed by atoms with van der Waals surface area (Å²) in [6.07, 6.45) is 3.91. The van der Waals surface area contributed by atoms with Crippen LogP contribution in [0.1, 0.15) is 56.8 Å². The van der Waals surface area contributed by atoms with E-state index in [1.807, 2.05) is 18.7 Å². The molecule has 1 aliphatic heterocycles. The van der Waals surface area contributed by atoms with Crippen LogP contribution in [0.25, 0.3) is 0 Å². The van der Waals surface area contributed by atoms with Crippen molar-refractivity contribution in [3.05, 3.63) is 58.4 Å². The van der Waals surface area contributed by atoms with Gasteiger partial charge in [-0.1, -0.05) is 11.6 Å². The number of hydrogen-bond acceptors (Lipinski definition) is 4. The molecule has 1 heterocycles. The van der Waals surface area contributed by atoms with Gasteiger partial charge in [0.25, 0.3) is 5.91 Å². The molecule has 2 aromatic rings. The van der Waals surface area contributed by atoms with Gasteiger partial charge in [0.15, 0.2) is 17.5 Å². The molecular formula is C27H28ClF3N2O3S. The maximum Gasteiger partial charge on any atom is 0.255 e. The summed E-state index contributed by atoms with van der Waals surface area (Å²) >= 11 is 8.09. The predicted octanol–water partition coefficient (Wildman–Crippen LogP) is 6.64. The third-order valence-corrected chi connectivity index (χ3v) is 9.70. The summed E-state index contributed by atoms with van der Waals surface area (Å²) in [5.74, 6) is -4.28. The molecule has 5 rings (SSSR count). The molecule has 2 aromatic carbocycles. The molecule has 1 saturated heterocycles. The van der Waals surface area contributed by atoms with Crippen molar-refractivity contribution >= 4 is 40.9 Å². The number of anilines is 1. The molecule has 5 nitrogen and oxygen atoms in total. The summed E-state index contributed by atoms with van der Waals surface area (Å²) in [7, 11) is 0. The van der Waals surface area contributed by atoms with Gasteiger partial charge in [0, 0.05) is 40.5 Å². The average Bonchev–Trinajstić information content (AvgIpc) is 3.17. The van der Waals surface area contributed by atoms with Crippen LogP contribution in [-0.2, 0) is 9.53 Å². The van der Waals surface area contributed by atoms with Crippen molar-refractivity contribution in [1.82, 2.24) is 4.90 Å². The van der Waals surface area contributed by atoms with Crippen molar-refractivity contribution < 1.29 is 27.5 Å². The number of benzene rings is 2. The molecule has 0 radical (unpaired) electrons. The van der Waals surface area contributed by atoms with Crippen LogP contribution in [0.2, 0.25) is 5.02 Å². The fourth-order valence-corrected chi connectivity index (χ4v) is 7.98. The Hall–Kier alpha value is -2.23. The highest BCUT2D eigenvalue weighted by Crippen LogP contribution is 2.59. The summed E-state index contributed by atoms with van der Waals surface area (Å²) in [6, 6.07) is 6.28. The van der Waals surface area contributed by atoms with Crippen molar-refractivity contribution in [2.24, 2.45) is 11.8 Å². The van der Waals surface area contributed by atoms with Crippen molar-refractivity contribution in [2.45, 2.75) is 67.9 Å². The van der Waals surface area contributed by atoms with Crippen LogP contribution in [0.4, 0.5) is 18.9 Å². The maximum atomic E-state index is 13.5. The van der Waals surface area contributed by atoms with Crippen LogP contribution in [0.3, 0.4) is 0 Å². The first-order valence-electron chi connectivity index (χ1n) is 12.3. The van der Waals surface area contributed by atoms with Crippen molar-refractivity contribution in [1.29, 1.82) is 0 Å². The van der Waals surface area contributed by atoms with Gasteiger partial charge in [0.1, 0.15) is 5.72 Å². The Balaban J connectivity index is 1.30. The zero-order valence-corrected chi connectivity index (χ0v) is 22.3. The SMILES string of the molecule is CC(=O)N1C[C@@]2(OC1(C)C)C1CC[C@H]2C[C@H](Sc2cc(C(=O)Nc3cc(F)c(F)c(F)c3)ccc2Cl)C1. The molecule has 3 fully saturated rings. The van der Waals surface area contributed by atoms with Crippen molar-refractivity contribution in [3.8, 4) is 0 Å². The Morgan fingerprint density at radius 1 is 1.08 bits per heavy atom. The smallest absolute Gasteiger partial charge is 0.255 e. The molecule has 3 aliphatic rings. The summed E-state index contributed by atoms with van der Waals surface area (Å²) in [5, 5.41) is 3.18. The van der Waals surface area contributed by atoms with E-state index in [1.54, 1.807) is 30.8 Å². The number of nitrogens with one attached hydrogen (secondary N) is 1. The van der Waals surface area contributed by atoms with E-state index in [0.29, 0.717) is 23.4 Å². The van der Waals surface area contributed by atoms with Crippen molar-refractivity contribution in [2.75, 3.05) is 11.9 Å². The number of carbonyl (C=O) groups excluding carboxylic acids is 2. The second-order valence-electron chi connectivity index (χ2n) is 10.6. The van der Waals surface area contributed by atoms with Crippen LogP contribution in [0.5, 0.6) is 0 Å². The lowest BCUT2D eigenvalue weighted by atomic mass is 9.74. The maximum absolute atomic E-state index is 13.5. The van der Waals surface area contributed by atoms with Crippen LogP contribution in [0, 0.1) is 29.3 Å². The molecule has 1 unspecified atom stereocenters. The van der Waals surface area contributed by atoms with E-state index in [2.05, 4.69) is 5.32 Å². The normalized spacial score (nSPS) is 28.1. The molecule has 1 N–H and O–H groups in total. The molecular weight excluding hydrogens is 525 g/mol. The monoisotopic (exact) mass is 552 g/mol. The van der Waals surface area contributed by atoms with Crippen LogP contribution in [0.15, 0.2) is 35.2 Å². The van der Waals surface area contributed by atoms with Gasteiger partial charge >= 0.3 is 0 Å². The van der Waals surface area contributed by atoms with Crippen molar-refractivity contribution in [3.63, 3.8) is 0 Å². The number of amides is 2. The Morgan fingerprint density at radius 2 is 1.70 bits per heavy atom. The number of carbonyl (C=O) groups is 2. The van der Waals surface area contributed by atoms with Gasteiger partial charge in [-0.05, 0) is 69.6 Å². The Kier molecular flexibility index (Phi) is 6.78. The van der Waals surface area contributed by atoms with Crippen LogP contribution < -0.4 is 5.32 Å². The Labute approximate surface area is 223 Å². The quantitative estimate of drug-likeness (QED) is 0.432. The Bertz CT molecular complexity index is 1240. The first-order chi connectivity index (χ1) is 17.4. The average molecular weight is 553 g/mol. The minimum absolute atomic E-state index is 0.0192. The van der Waals surface area contributed by atoms with Crippen LogP contribution >= 0.6 is 23.4 Å². The lowest BCUT2D eigenvalue weighted by molar-refractivity contribution is -0.164. The molecule has 2 amide bonds. The number of rotatable bonds is 4. The number of thioether (sulfide) groups is 1. The van der Waals surface area contributed by atoms with Gasteiger partial charge in [-0.3, -0.25) is 9.59 Å². The number of hydrogen-bond donors (Lipinski definition) is 1. The molecule has 37 heavy (non-hydrogen) atoms. The molecule has 1 spiro atoms. The van der Waals surface area contributed by atoms with Crippen LogP contribution in [-0.4, -0.2) is 39.8 Å². The van der Waals surface area contributed by atoms with E-state index in [1.165, 1.54) is 6.07 Å². The fourth-order valence-electron chi connectivity index (χ4n) is 6.34. The standard InChI is InChI=1S/C27H28ClF3N2O3S/c1-14(34)33-13-27(36-26(33,2)3)16-5-6-17(27)10-19(9-16)37-23-8-15(4-7-20(23)28)25(35)32-18-11-21(29)24(31)22(30)12-18/h4,7-8,11-12,16-17,19H,5-6,9-10,13H2,1-3H3,(H,32,35)/t16-,17?,19-,27-/m0/s1. The summed E-state index contributed by atoms with van der Waals surface area (Å²) in [4.78, 5) is 27.6. The summed E-state index contributed by atoms with van der Waals surface area (Å²) < 4.78 is 46.9. The highest BCUT2D eigenvalue weighted by atomic mass is 35.5. The highest BCUT2D eigenvalue weighted by molar-refractivity contribution is 8.00. The van der Waals surface area contributed by atoms with E-state index in [-0.39, 0.29) is 28.0 Å².